The van der Waals surface area contributed by atoms with Gasteiger partial charge in [0.1, 0.15) is 16.7 Å². The maximum Gasteiger partial charge on any atom is 0.260 e. The van der Waals surface area contributed by atoms with Gasteiger partial charge in [-0.25, -0.2) is 4.98 Å². The quantitative estimate of drug-likeness (QED) is 0.576. The lowest BCUT2D eigenvalue weighted by Crippen LogP contribution is -2.10. The van der Waals surface area contributed by atoms with Gasteiger partial charge >= 0.3 is 0 Å². The number of methoxy groups -OCH3 is 1. The third-order valence-corrected chi connectivity index (χ3v) is 6.63. The number of thiophene rings is 1. The number of rotatable bonds is 4. The van der Waals surface area contributed by atoms with Gasteiger partial charge < -0.3 is 14.5 Å². The van der Waals surface area contributed by atoms with Crippen molar-refractivity contribution in [2.24, 2.45) is 0 Å². The number of halogens is 1. The van der Waals surface area contributed by atoms with Crippen LogP contribution in [0.2, 0.25) is 0 Å². The molecule has 144 valence electrons. The first kappa shape index (κ1) is 19.0. The number of aromatic amines is 1. The molecule has 1 aromatic carbocycles. The number of ether oxygens (including phenoxy) is 2. The number of aromatic nitrogens is 2. The predicted molar refractivity (Wildman–Crippen MR) is 112 cm³/mol. The van der Waals surface area contributed by atoms with E-state index in [1.54, 1.807) is 23.5 Å². The number of fused-ring (bicyclic) bond motifs is 3. The second-order valence-corrected chi connectivity index (χ2v) is 8.53. The van der Waals surface area contributed by atoms with Crippen LogP contribution in [-0.2, 0) is 12.8 Å². The molecule has 28 heavy (non-hydrogen) atoms. The Kier molecular flexibility index (Phi) is 5.38. The van der Waals surface area contributed by atoms with E-state index in [-0.39, 0.29) is 12.2 Å². The van der Waals surface area contributed by atoms with Gasteiger partial charge in [-0.2, -0.15) is 5.26 Å². The number of hydrogen-bond acceptors (Lipinski definition) is 6. The van der Waals surface area contributed by atoms with Gasteiger partial charge in [0.15, 0.2) is 18.1 Å². The summed E-state index contributed by atoms with van der Waals surface area (Å²) in [7, 11) is 1.53. The lowest BCUT2D eigenvalue weighted by molar-refractivity contribution is 0.328. The normalized spacial score (nSPS) is 13.6. The van der Waals surface area contributed by atoms with E-state index in [1.807, 2.05) is 6.07 Å². The summed E-state index contributed by atoms with van der Waals surface area (Å²) in [6.07, 6.45) is 5.47. The second-order valence-electron chi connectivity index (χ2n) is 6.60. The molecule has 6 nitrogen and oxygen atoms in total. The van der Waals surface area contributed by atoms with E-state index in [0.29, 0.717) is 27.4 Å². The van der Waals surface area contributed by atoms with Crippen LogP contribution in [0.1, 0.15) is 29.7 Å². The van der Waals surface area contributed by atoms with Gasteiger partial charge in [-0.05, 0) is 59.3 Å². The Morgan fingerprint density at radius 1 is 1.32 bits per heavy atom. The van der Waals surface area contributed by atoms with E-state index in [4.69, 9.17) is 19.7 Å². The fraction of sp³-hybridized carbons (Fsp3) is 0.350. The highest BCUT2D eigenvalue weighted by Gasteiger charge is 2.20. The van der Waals surface area contributed by atoms with Crippen LogP contribution in [0.15, 0.2) is 21.4 Å². The molecule has 1 N–H and O–H groups in total. The van der Waals surface area contributed by atoms with Crippen LogP contribution in [0.3, 0.4) is 0 Å². The maximum absolute atomic E-state index is 12.9. The fourth-order valence-corrected chi connectivity index (χ4v) is 5.40. The molecule has 1 aliphatic rings. The van der Waals surface area contributed by atoms with Gasteiger partial charge in [-0.1, -0.05) is 6.42 Å². The molecule has 2 aromatic heterocycles. The molecule has 0 aliphatic heterocycles. The number of hydrogen-bond donors (Lipinski definition) is 1. The summed E-state index contributed by atoms with van der Waals surface area (Å²) in [6, 6.07) is 5.49. The zero-order chi connectivity index (χ0) is 19.7. The molecular formula is C20H18BrN3O3S. The fourth-order valence-electron chi connectivity index (χ4n) is 3.58. The second kappa shape index (κ2) is 7.94. The third-order valence-electron chi connectivity index (χ3n) is 4.86. The summed E-state index contributed by atoms with van der Waals surface area (Å²) in [5.74, 6) is 1.39. The monoisotopic (exact) mass is 459 g/mol. The molecule has 0 atom stereocenters. The number of nitrogens with zero attached hydrogens (tertiary/aromatic N) is 2. The van der Waals surface area contributed by atoms with Crippen LogP contribution in [0, 0.1) is 11.3 Å². The smallest absolute Gasteiger partial charge is 0.260 e. The van der Waals surface area contributed by atoms with Crippen molar-refractivity contribution >= 4 is 37.5 Å². The highest BCUT2D eigenvalue weighted by molar-refractivity contribution is 9.10. The number of aryl methyl sites for hydroxylation is 2. The van der Waals surface area contributed by atoms with Gasteiger partial charge in [-0.3, -0.25) is 4.79 Å². The van der Waals surface area contributed by atoms with Gasteiger partial charge in [-0.15, -0.1) is 11.3 Å². The number of benzene rings is 1. The van der Waals surface area contributed by atoms with Crippen LogP contribution in [0.25, 0.3) is 21.6 Å². The Bertz CT molecular complexity index is 1150. The van der Waals surface area contributed by atoms with E-state index < -0.39 is 0 Å². The topological polar surface area (TPSA) is 88.0 Å². The Balaban J connectivity index is 1.83. The van der Waals surface area contributed by atoms with E-state index in [0.717, 1.165) is 29.5 Å². The lowest BCUT2D eigenvalue weighted by atomic mass is 10.1. The zero-order valence-corrected chi connectivity index (χ0v) is 17.7. The molecule has 0 amide bonds. The van der Waals surface area contributed by atoms with Crippen LogP contribution < -0.4 is 15.0 Å². The Hall–Kier alpha value is -2.37. The Morgan fingerprint density at radius 2 is 2.14 bits per heavy atom. The molecule has 0 bridgehead atoms. The van der Waals surface area contributed by atoms with Crippen molar-refractivity contribution in [3.8, 4) is 29.0 Å². The SMILES string of the molecule is COc1cc(-c2nc3sc4c(c3c(=O)[nH]2)CCCCC4)cc(Br)c1OCC#N. The average molecular weight is 460 g/mol. The predicted octanol–water partition coefficient (Wildman–Crippen LogP) is 4.59. The van der Waals surface area contributed by atoms with Crippen molar-refractivity contribution in [3.05, 3.63) is 37.4 Å². The first-order valence-electron chi connectivity index (χ1n) is 9.04. The minimum absolute atomic E-state index is 0.0872. The first-order chi connectivity index (χ1) is 13.6. The van der Waals surface area contributed by atoms with Crippen molar-refractivity contribution in [3.63, 3.8) is 0 Å². The van der Waals surface area contributed by atoms with E-state index in [1.165, 1.54) is 30.4 Å². The van der Waals surface area contributed by atoms with Gasteiger partial charge in [0.25, 0.3) is 5.56 Å². The van der Waals surface area contributed by atoms with Crippen molar-refractivity contribution in [1.82, 2.24) is 9.97 Å². The number of H-pyrrole nitrogens is 1. The van der Waals surface area contributed by atoms with E-state index >= 15 is 0 Å². The summed E-state index contributed by atoms with van der Waals surface area (Å²) in [4.78, 5) is 22.6. The number of nitriles is 1. The molecule has 8 heteroatoms. The molecular weight excluding hydrogens is 442 g/mol. The minimum atomic E-state index is -0.0979. The van der Waals surface area contributed by atoms with Gasteiger partial charge in [0.2, 0.25) is 0 Å². The van der Waals surface area contributed by atoms with Crippen LogP contribution in [-0.4, -0.2) is 23.7 Å². The third kappa shape index (κ3) is 3.40. The van der Waals surface area contributed by atoms with Gasteiger partial charge in [0, 0.05) is 10.4 Å². The summed E-state index contributed by atoms with van der Waals surface area (Å²) in [5.41, 5.74) is 1.78. The van der Waals surface area contributed by atoms with Crippen LogP contribution >= 0.6 is 27.3 Å². The molecule has 4 rings (SSSR count). The largest absolute Gasteiger partial charge is 0.493 e. The molecule has 0 spiro atoms. The summed E-state index contributed by atoms with van der Waals surface area (Å²) in [6.45, 7) is -0.0872. The van der Waals surface area contributed by atoms with Crippen LogP contribution in [0.5, 0.6) is 11.5 Å². The first-order valence-corrected chi connectivity index (χ1v) is 10.7. The van der Waals surface area contributed by atoms with E-state index in [9.17, 15) is 4.79 Å². The molecule has 0 saturated heterocycles. The highest BCUT2D eigenvalue weighted by Crippen LogP contribution is 2.39. The van der Waals surface area contributed by atoms with Gasteiger partial charge in [0.05, 0.1) is 17.0 Å². The molecule has 2 heterocycles. The molecule has 0 unspecified atom stereocenters. The zero-order valence-electron chi connectivity index (χ0n) is 15.3. The molecule has 3 aromatic rings. The standard InChI is InChI=1S/C20H18BrN3O3S/c1-26-14-10-11(9-13(21)17(14)27-8-7-22)18-23-19(25)16-12-5-3-2-4-6-15(12)28-20(16)24-18/h9-10H,2-6,8H2,1H3,(H,23,24,25). The summed E-state index contributed by atoms with van der Waals surface area (Å²) in [5, 5.41) is 9.49. The summed E-state index contributed by atoms with van der Waals surface area (Å²) >= 11 is 5.09. The average Bonchev–Trinajstić information content (AvgIpc) is 2.88. The van der Waals surface area contributed by atoms with Crippen molar-refractivity contribution in [2.45, 2.75) is 32.1 Å². The van der Waals surface area contributed by atoms with E-state index in [2.05, 4.69) is 20.9 Å². The van der Waals surface area contributed by atoms with Crippen molar-refractivity contribution in [1.29, 1.82) is 5.26 Å². The van der Waals surface area contributed by atoms with Crippen molar-refractivity contribution in [2.75, 3.05) is 13.7 Å². The molecule has 0 fully saturated rings. The molecule has 0 saturated carbocycles. The van der Waals surface area contributed by atoms with Crippen molar-refractivity contribution < 1.29 is 9.47 Å². The Labute approximate surface area is 174 Å². The maximum atomic E-state index is 12.9. The molecule has 1 aliphatic carbocycles. The molecule has 0 radical (unpaired) electrons. The Morgan fingerprint density at radius 3 is 2.93 bits per heavy atom. The summed E-state index contributed by atoms with van der Waals surface area (Å²) < 4.78 is 11.5. The minimum Gasteiger partial charge on any atom is -0.493 e. The highest BCUT2D eigenvalue weighted by atomic mass is 79.9. The number of nitrogens with one attached hydrogen (secondary N) is 1. The van der Waals surface area contributed by atoms with Crippen LogP contribution in [0.4, 0.5) is 0 Å². The lowest BCUT2D eigenvalue weighted by Gasteiger charge is -2.12.